The van der Waals surface area contributed by atoms with Gasteiger partial charge in [-0.15, -0.1) is 0 Å². The average molecular weight is 226 g/mol. The molecule has 1 rings (SSSR count). The quantitative estimate of drug-likeness (QED) is 0.503. The first-order valence-corrected chi connectivity index (χ1v) is 3.30. The standard InChI is InChI=1S/C7F6N2/c8-4-3(7(11,12)13)2(1-14)5(9)15-6(4)10. The Hall–Kier alpha value is -1.78. The third kappa shape index (κ3) is 1.86. The van der Waals surface area contributed by atoms with Crippen LogP contribution in [0.3, 0.4) is 0 Å². The molecule has 0 aliphatic carbocycles. The first-order valence-electron chi connectivity index (χ1n) is 3.30. The molecule has 0 saturated carbocycles. The lowest BCUT2D eigenvalue weighted by Gasteiger charge is -2.09. The molecule has 1 aromatic heterocycles. The van der Waals surface area contributed by atoms with Crippen molar-refractivity contribution in [2.45, 2.75) is 6.18 Å². The number of halogens is 6. The molecular weight excluding hydrogens is 226 g/mol. The van der Waals surface area contributed by atoms with Crippen LogP contribution in [0.4, 0.5) is 26.3 Å². The highest BCUT2D eigenvalue weighted by atomic mass is 19.4. The zero-order valence-electron chi connectivity index (χ0n) is 6.66. The number of aromatic nitrogens is 1. The SMILES string of the molecule is N#Cc1c(F)nc(F)c(F)c1C(F)(F)F. The molecular formula is C7F6N2. The van der Waals surface area contributed by atoms with Crippen LogP contribution >= 0.6 is 0 Å². The van der Waals surface area contributed by atoms with Gasteiger partial charge in [-0.25, -0.2) is 4.39 Å². The van der Waals surface area contributed by atoms with Crippen LogP contribution in [0.1, 0.15) is 11.1 Å². The van der Waals surface area contributed by atoms with Gasteiger partial charge < -0.3 is 0 Å². The van der Waals surface area contributed by atoms with E-state index < -0.39 is 35.0 Å². The van der Waals surface area contributed by atoms with Crippen LogP contribution in [-0.2, 0) is 6.18 Å². The molecule has 0 amide bonds. The van der Waals surface area contributed by atoms with Crippen LogP contribution in [0.5, 0.6) is 0 Å². The van der Waals surface area contributed by atoms with Crippen LogP contribution in [-0.4, -0.2) is 4.98 Å². The topological polar surface area (TPSA) is 36.7 Å². The van der Waals surface area contributed by atoms with Crippen molar-refractivity contribution in [1.29, 1.82) is 5.26 Å². The van der Waals surface area contributed by atoms with Crippen LogP contribution in [0, 0.1) is 29.0 Å². The van der Waals surface area contributed by atoms with Crippen LogP contribution in [0.2, 0.25) is 0 Å². The third-order valence-electron chi connectivity index (χ3n) is 1.45. The normalized spacial score (nSPS) is 11.3. The summed E-state index contributed by atoms with van der Waals surface area (Å²) < 4.78 is 73.9. The number of rotatable bonds is 0. The smallest absolute Gasteiger partial charge is 0.201 e. The number of pyridine rings is 1. The molecule has 0 N–H and O–H groups in total. The van der Waals surface area contributed by atoms with E-state index in [1.165, 1.54) is 0 Å². The minimum Gasteiger partial charge on any atom is -0.201 e. The van der Waals surface area contributed by atoms with Crippen molar-refractivity contribution in [3.05, 3.63) is 28.8 Å². The molecule has 0 atom stereocenters. The Morgan fingerprint density at radius 1 is 1.07 bits per heavy atom. The highest BCUT2D eigenvalue weighted by molar-refractivity contribution is 5.39. The lowest BCUT2D eigenvalue weighted by atomic mass is 10.1. The summed E-state index contributed by atoms with van der Waals surface area (Å²) in [7, 11) is 0. The first kappa shape index (κ1) is 11.3. The van der Waals surface area contributed by atoms with Gasteiger partial charge in [0.2, 0.25) is 5.95 Å². The fourth-order valence-electron chi connectivity index (χ4n) is 0.875. The van der Waals surface area contributed by atoms with Crippen molar-refractivity contribution >= 4 is 0 Å². The van der Waals surface area contributed by atoms with Gasteiger partial charge in [0.15, 0.2) is 5.82 Å². The molecule has 15 heavy (non-hydrogen) atoms. The molecule has 0 spiro atoms. The summed E-state index contributed by atoms with van der Waals surface area (Å²) >= 11 is 0. The van der Waals surface area contributed by atoms with E-state index in [0.717, 1.165) is 6.07 Å². The number of alkyl halides is 3. The predicted octanol–water partition coefficient (Wildman–Crippen LogP) is 2.39. The van der Waals surface area contributed by atoms with E-state index in [2.05, 4.69) is 4.98 Å². The Balaban J connectivity index is 3.68. The van der Waals surface area contributed by atoms with Gasteiger partial charge in [0, 0.05) is 0 Å². The second kappa shape index (κ2) is 3.42. The zero-order valence-corrected chi connectivity index (χ0v) is 6.66. The molecule has 0 bridgehead atoms. The number of nitrogens with zero attached hydrogens (tertiary/aromatic N) is 2. The van der Waals surface area contributed by atoms with E-state index in [0.29, 0.717) is 0 Å². The Bertz CT molecular complexity index is 444. The van der Waals surface area contributed by atoms with Crippen molar-refractivity contribution in [3.63, 3.8) is 0 Å². The van der Waals surface area contributed by atoms with E-state index in [1.54, 1.807) is 0 Å². The van der Waals surface area contributed by atoms with Crippen molar-refractivity contribution in [1.82, 2.24) is 4.98 Å². The van der Waals surface area contributed by atoms with Gasteiger partial charge in [-0.3, -0.25) is 0 Å². The van der Waals surface area contributed by atoms with Gasteiger partial charge in [-0.1, -0.05) is 0 Å². The minimum absolute atomic E-state index is 0.774. The van der Waals surface area contributed by atoms with Gasteiger partial charge in [0.1, 0.15) is 17.2 Å². The van der Waals surface area contributed by atoms with Gasteiger partial charge in [0.05, 0.1) is 0 Å². The lowest BCUT2D eigenvalue weighted by molar-refractivity contribution is -0.140. The molecule has 1 heterocycles. The molecule has 0 aromatic carbocycles. The van der Waals surface area contributed by atoms with Crippen LogP contribution in [0.15, 0.2) is 0 Å². The molecule has 0 fully saturated rings. The van der Waals surface area contributed by atoms with E-state index in [4.69, 9.17) is 5.26 Å². The van der Waals surface area contributed by atoms with Crippen molar-refractivity contribution in [2.24, 2.45) is 0 Å². The number of nitriles is 1. The average Bonchev–Trinajstić information content (AvgIpc) is 2.08. The zero-order chi connectivity index (χ0) is 11.8. The summed E-state index contributed by atoms with van der Waals surface area (Å²) in [5, 5.41) is 8.16. The second-order valence-electron chi connectivity index (χ2n) is 2.37. The lowest BCUT2D eigenvalue weighted by Crippen LogP contribution is -2.15. The van der Waals surface area contributed by atoms with E-state index in [-0.39, 0.29) is 0 Å². The number of hydrogen-bond donors (Lipinski definition) is 0. The summed E-state index contributed by atoms with van der Waals surface area (Å²) in [5.74, 6) is -6.62. The second-order valence-corrected chi connectivity index (χ2v) is 2.37. The Morgan fingerprint density at radius 3 is 2.00 bits per heavy atom. The molecule has 1 aromatic rings. The number of hydrogen-bond acceptors (Lipinski definition) is 2. The summed E-state index contributed by atoms with van der Waals surface area (Å²) in [5.41, 5.74) is -3.95. The first-order chi connectivity index (χ1) is 6.79. The largest absolute Gasteiger partial charge is 0.420 e. The molecule has 0 saturated heterocycles. The van der Waals surface area contributed by atoms with E-state index in [9.17, 15) is 26.3 Å². The summed E-state index contributed by atoms with van der Waals surface area (Å²) in [6.45, 7) is 0. The fraction of sp³-hybridized carbons (Fsp3) is 0.143. The molecule has 0 unspecified atom stereocenters. The van der Waals surface area contributed by atoms with Crippen LogP contribution < -0.4 is 0 Å². The predicted molar refractivity (Wildman–Crippen MR) is 33.8 cm³/mol. The molecule has 8 heteroatoms. The highest BCUT2D eigenvalue weighted by Gasteiger charge is 2.40. The highest BCUT2D eigenvalue weighted by Crippen LogP contribution is 2.34. The van der Waals surface area contributed by atoms with Crippen molar-refractivity contribution in [3.8, 4) is 6.07 Å². The Kier molecular flexibility index (Phi) is 2.57. The molecule has 0 radical (unpaired) electrons. The minimum atomic E-state index is -5.36. The maximum absolute atomic E-state index is 12.6. The molecule has 0 aliphatic heterocycles. The Labute approximate surface area is 78.8 Å². The maximum Gasteiger partial charge on any atom is 0.420 e. The van der Waals surface area contributed by atoms with Crippen molar-refractivity contribution < 1.29 is 26.3 Å². The molecule has 0 aliphatic rings. The van der Waals surface area contributed by atoms with Gasteiger partial charge in [-0.2, -0.15) is 32.2 Å². The van der Waals surface area contributed by atoms with Gasteiger partial charge in [0.25, 0.3) is 5.95 Å². The molecule has 80 valence electrons. The summed E-state index contributed by atoms with van der Waals surface area (Å²) in [4.78, 5) is 2.19. The van der Waals surface area contributed by atoms with Gasteiger partial charge in [-0.05, 0) is 0 Å². The maximum atomic E-state index is 12.6. The monoisotopic (exact) mass is 226 g/mol. The van der Waals surface area contributed by atoms with Gasteiger partial charge >= 0.3 is 6.18 Å². The van der Waals surface area contributed by atoms with Crippen LogP contribution in [0.25, 0.3) is 0 Å². The Morgan fingerprint density at radius 2 is 1.60 bits per heavy atom. The van der Waals surface area contributed by atoms with E-state index in [1.807, 2.05) is 0 Å². The fourth-order valence-corrected chi connectivity index (χ4v) is 0.875. The third-order valence-corrected chi connectivity index (χ3v) is 1.45. The van der Waals surface area contributed by atoms with Crippen molar-refractivity contribution in [2.75, 3.05) is 0 Å². The summed E-state index contributed by atoms with van der Waals surface area (Å²) in [6, 6.07) is 0.774. The van der Waals surface area contributed by atoms with E-state index >= 15 is 0 Å². The summed E-state index contributed by atoms with van der Waals surface area (Å²) in [6.07, 6.45) is -5.36. The molecule has 2 nitrogen and oxygen atoms in total.